The molecule has 1 N–H and O–H groups in total. The Balaban J connectivity index is 1.55. The summed E-state index contributed by atoms with van der Waals surface area (Å²) < 4.78 is 12.1. The second-order valence-corrected chi connectivity index (χ2v) is 8.63. The zero-order valence-electron chi connectivity index (χ0n) is 18.4. The van der Waals surface area contributed by atoms with Crippen molar-refractivity contribution in [3.63, 3.8) is 0 Å². The molecule has 34 heavy (non-hydrogen) atoms. The van der Waals surface area contributed by atoms with Crippen LogP contribution in [0.25, 0.3) is 22.4 Å². The first-order valence-corrected chi connectivity index (χ1v) is 11.6. The van der Waals surface area contributed by atoms with E-state index in [9.17, 15) is 10.1 Å². The largest absolute Gasteiger partial charge is 0.493 e. The summed E-state index contributed by atoms with van der Waals surface area (Å²) >= 11 is 2.14. The summed E-state index contributed by atoms with van der Waals surface area (Å²) in [5.74, 6) is 0.699. The van der Waals surface area contributed by atoms with Crippen LogP contribution < -0.4 is 14.8 Å². The molecule has 0 unspecified atom stereocenters. The van der Waals surface area contributed by atoms with E-state index in [0.717, 1.165) is 25.5 Å². The molecule has 0 radical (unpaired) electrons. The lowest BCUT2D eigenvalue weighted by molar-refractivity contribution is -0.118. The maximum absolute atomic E-state index is 12.3. The van der Waals surface area contributed by atoms with Gasteiger partial charge >= 0.3 is 0 Å². The number of anilines is 1. The monoisotopic (exact) mass is 560 g/mol. The van der Waals surface area contributed by atoms with E-state index in [1.165, 1.54) is 0 Å². The van der Waals surface area contributed by atoms with Gasteiger partial charge in [0.05, 0.1) is 22.3 Å². The molecule has 4 rings (SSSR count). The Labute approximate surface area is 211 Å². The van der Waals surface area contributed by atoms with Gasteiger partial charge in [-0.05, 0) is 80.9 Å². The van der Waals surface area contributed by atoms with E-state index in [1.807, 2.05) is 84.9 Å². The van der Waals surface area contributed by atoms with Crippen molar-refractivity contribution in [3.05, 3.63) is 99.6 Å². The lowest BCUT2D eigenvalue weighted by Gasteiger charge is -2.14. The van der Waals surface area contributed by atoms with Crippen molar-refractivity contribution in [2.45, 2.75) is 0 Å². The summed E-state index contributed by atoms with van der Waals surface area (Å²) in [5.41, 5.74) is 2.88. The minimum Gasteiger partial charge on any atom is -0.493 e. The number of hydrogen-bond acceptors (Lipinski definition) is 4. The molecule has 0 heterocycles. The summed E-state index contributed by atoms with van der Waals surface area (Å²) in [7, 11) is 1.55. The molecule has 0 aliphatic carbocycles. The van der Waals surface area contributed by atoms with E-state index in [1.54, 1.807) is 13.2 Å². The standard InChI is InChI=1S/C28H21IN2O3/c1-33-26-15-19(13-23(17-30)22-12-11-20-7-5-6-8-21(20)16-22)14-25(29)28(26)34-18-27(32)31-24-9-3-2-4-10-24/h2-16H,18H2,1H3,(H,31,32)/b23-13-. The number of halogens is 1. The van der Waals surface area contributed by atoms with Gasteiger partial charge in [-0.3, -0.25) is 4.79 Å². The van der Waals surface area contributed by atoms with Crippen molar-refractivity contribution in [1.82, 2.24) is 0 Å². The maximum atomic E-state index is 12.3. The van der Waals surface area contributed by atoms with Gasteiger partial charge in [0.1, 0.15) is 0 Å². The van der Waals surface area contributed by atoms with E-state index in [2.05, 4.69) is 34.0 Å². The van der Waals surface area contributed by atoms with E-state index in [0.29, 0.717) is 22.8 Å². The number of amides is 1. The summed E-state index contributed by atoms with van der Waals surface area (Å²) in [6, 6.07) is 29.2. The number of nitrogens with one attached hydrogen (secondary N) is 1. The highest BCUT2D eigenvalue weighted by Gasteiger charge is 2.14. The number of benzene rings is 4. The molecule has 0 saturated heterocycles. The summed E-state index contributed by atoms with van der Waals surface area (Å²) in [5, 5.41) is 14.8. The number of fused-ring (bicyclic) bond motifs is 1. The van der Waals surface area contributed by atoms with Crippen molar-refractivity contribution >= 4 is 56.6 Å². The molecular weight excluding hydrogens is 539 g/mol. The van der Waals surface area contributed by atoms with Gasteiger partial charge < -0.3 is 14.8 Å². The first-order chi connectivity index (χ1) is 16.6. The van der Waals surface area contributed by atoms with Crippen molar-refractivity contribution in [3.8, 4) is 17.6 Å². The van der Waals surface area contributed by atoms with Crippen molar-refractivity contribution in [2.24, 2.45) is 0 Å². The molecule has 6 heteroatoms. The second-order valence-electron chi connectivity index (χ2n) is 7.47. The van der Waals surface area contributed by atoms with E-state index in [-0.39, 0.29) is 12.5 Å². The highest BCUT2D eigenvalue weighted by atomic mass is 127. The van der Waals surface area contributed by atoms with Crippen LogP contribution in [-0.2, 0) is 4.79 Å². The van der Waals surface area contributed by atoms with Crippen LogP contribution in [0.5, 0.6) is 11.5 Å². The van der Waals surface area contributed by atoms with E-state index >= 15 is 0 Å². The molecule has 0 bridgehead atoms. The van der Waals surface area contributed by atoms with Crippen LogP contribution in [0.1, 0.15) is 11.1 Å². The van der Waals surface area contributed by atoms with E-state index < -0.39 is 0 Å². The van der Waals surface area contributed by atoms with Gasteiger partial charge in [0.2, 0.25) is 0 Å². The SMILES string of the molecule is COc1cc(/C=C(/C#N)c2ccc3ccccc3c2)cc(I)c1OCC(=O)Nc1ccccc1. The molecule has 0 aliphatic heterocycles. The molecule has 4 aromatic carbocycles. The summed E-state index contributed by atoms with van der Waals surface area (Å²) in [6.07, 6.45) is 1.82. The van der Waals surface area contributed by atoms with Gasteiger partial charge in [-0.1, -0.05) is 54.6 Å². The van der Waals surface area contributed by atoms with Crippen molar-refractivity contribution in [1.29, 1.82) is 5.26 Å². The number of methoxy groups -OCH3 is 1. The number of nitrogens with zero attached hydrogens (tertiary/aromatic N) is 1. The molecule has 1 amide bonds. The Morgan fingerprint density at radius 1 is 1.00 bits per heavy atom. The fraction of sp³-hybridized carbons (Fsp3) is 0.0714. The normalized spacial score (nSPS) is 11.0. The lowest BCUT2D eigenvalue weighted by Crippen LogP contribution is -2.20. The Bertz CT molecular complexity index is 1410. The van der Waals surface area contributed by atoms with Gasteiger partial charge in [0.15, 0.2) is 18.1 Å². The molecule has 0 aliphatic rings. The average molecular weight is 560 g/mol. The predicted octanol–water partition coefficient (Wildman–Crippen LogP) is 6.53. The van der Waals surface area contributed by atoms with Crippen LogP contribution in [0.4, 0.5) is 5.69 Å². The number of rotatable bonds is 7. The topological polar surface area (TPSA) is 71.3 Å². The van der Waals surface area contributed by atoms with Crippen LogP contribution in [0.2, 0.25) is 0 Å². The van der Waals surface area contributed by atoms with Gasteiger partial charge in [-0.15, -0.1) is 0 Å². The van der Waals surface area contributed by atoms with Gasteiger partial charge in [-0.2, -0.15) is 5.26 Å². The third kappa shape index (κ3) is 5.56. The zero-order valence-corrected chi connectivity index (χ0v) is 20.6. The van der Waals surface area contributed by atoms with Crippen LogP contribution >= 0.6 is 22.6 Å². The molecular formula is C28H21IN2O3. The molecule has 0 saturated carbocycles. The third-order valence-electron chi connectivity index (χ3n) is 5.15. The zero-order chi connectivity index (χ0) is 23.9. The van der Waals surface area contributed by atoms with Crippen molar-refractivity contribution in [2.75, 3.05) is 19.0 Å². The number of nitriles is 1. The Morgan fingerprint density at radius 2 is 1.74 bits per heavy atom. The molecule has 168 valence electrons. The van der Waals surface area contributed by atoms with Crippen LogP contribution in [0, 0.1) is 14.9 Å². The maximum Gasteiger partial charge on any atom is 0.262 e. The highest BCUT2D eigenvalue weighted by molar-refractivity contribution is 14.1. The Morgan fingerprint density at radius 3 is 2.47 bits per heavy atom. The first kappa shape index (κ1) is 23.3. The number of allylic oxidation sites excluding steroid dienone is 1. The summed E-state index contributed by atoms with van der Waals surface area (Å²) in [4.78, 5) is 12.3. The first-order valence-electron chi connectivity index (χ1n) is 10.5. The quantitative estimate of drug-likeness (QED) is 0.159. The third-order valence-corrected chi connectivity index (χ3v) is 5.95. The van der Waals surface area contributed by atoms with E-state index in [4.69, 9.17) is 9.47 Å². The molecule has 0 fully saturated rings. The molecule has 0 aromatic heterocycles. The number of carbonyl (C=O) groups excluding carboxylic acids is 1. The van der Waals surface area contributed by atoms with Crippen LogP contribution in [0.3, 0.4) is 0 Å². The fourth-order valence-electron chi connectivity index (χ4n) is 3.52. The van der Waals surface area contributed by atoms with Gasteiger partial charge in [0, 0.05) is 5.69 Å². The number of ether oxygens (including phenoxy) is 2. The van der Waals surface area contributed by atoms with Crippen LogP contribution in [0.15, 0.2) is 84.9 Å². The second kappa shape index (κ2) is 10.9. The number of hydrogen-bond donors (Lipinski definition) is 1. The van der Waals surface area contributed by atoms with Crippen molar-refractivity contribution < 1.29 is 14.3 Å². The number of para-hydroxylation sites is 1. The molecule has 4 aromatic rings. The lowest BCUT2D eigenvalue weighted by atomic mass is 10.00. The summed E-state index contributed by atoms with van der Waals surface area (Å²) in [6.45, 7) is -0.156. The fourth-order valence-corrected chi connectivity index (χ4v) is 4.30. The molecule has 0 atom stereocenters. The minimum atomic E-state index is -0.268. The molecule has 0 spiro atoms. The smallest absolute Gasteiger partial charge is 0.262 e. The Hall–Kier alpha value is -3.83. The minimum absolute atomic E-state index is 0.156. The van der Waals surface area contributed by atoms with Gasteiger partial charge in [0.25, 0.3) is 5.91 Å². The van der Waals surface area contributed by atoms with Crippen LogP contribution in [-0.4, -0.2) is 19.6 Å². The predicted molar refractivity (Wildman–Crippen MR) is 144 cm³/mol. The average Bonchev–Trinajstić information content (AvgIpc) is 2.86. The van der Waals surface area contributed by atoms with Gasteiger partial charge in [-0.25, -0.2) is 0 Å². The Kier molecular flexibility index (Phi) is 7.45. The molecule has 5 nitrogen and oxygen atoms in total. The number of carbonyl (C=O) groups is 1. The highest BCUT2D eigenvalue weighted by Crippen LogP contribution is 2.35.